The molecule has 1 spiro atoms. The molecular formula is C12H19N3O3. The molecule has 0 aromatic rings. The Kier molecular flexibility index (Phi) is 2.89. The van der Waals surface area contributed by atoms with Gasteiger partial charge in [-0.15, -0.1) is 0 Å². The van der Waals surface area contributed by atoms with E-state index >= 15 is 0 Å². The van der Waals surface area contributed by atoms with E-state index in [2.05, 4.69) is 10.6 Å². The average molecular weight is 253 g/mol. The van der Waals surface area contributed by atoms with Crippen molar-refractivity contribution in [3.05, 3.63) is 0 Å². The van der Waals surface area contributed by atoms with Crippen LogP contribution in [0.2, 0.25) is 0 Å². The second kappa shape index (κ2) is 4.42. The van der Waals surface area contributed by atoms with Crippen LogP contribution in [-0.2, 0) is 9.53 Å². The molecule has 0 radical (unpaired) electrons. The van der Waals surface area contributed by atoms with Gasteiger partial charge in [-0.1, -0.05) is 0 Å². The molecule has 3 amide bonds. The highest BCUT2D eigenvalue weighted by Crippen LogP contribution is 2.26. The average Bonchev–Trinajstić information content (AvgIpc) is 3.00. The first-order valence-electron chi connectivity index (χ1n) is 6.65. The first kappa shape index (κ1) is 11.8. The van der Waals surface area contributed by atoms with Crippen LogP contribution in [0.4, 0.5) is 4.79 Å². The summed E-state index contributed by atoms with van der Waals surface area (Å²) < 4.78 is 5.43. The lowest BCUT2D eigenvalue weighted by atomic mass is 9.88. The fourth-order valence-corrected chi connectivity index (χ4v) is 3.01. The van der Waals surface area contributed by atoms with E-state index in [9.17, 15) is 9.59 Å². The van der Waals surface area contributed by atoms with Crippen molar-refractivity contribution in [1.82, 2.24) is 15.5 Å². The Labute approximate surface area is 106 Å². The lowest BCUT2D eigenvalue weighted by Gasteiger charge is -2.39. The minimum Gasteiger partial charge on any atom is -0.368 e. The van der Waals surface area contributed by atoms with Gasteiger partial charge in [-0.05, 0) is 25.7 Å². The Morgan fingerprint density at radius 2 is 2.17 bits per heavy atom. The lowest BCUT2D eigenvalue weighted by molar-refractivity contribution is -0.142. The molecule has 2 N–H and O–H groups in total. The maximum atomic E-state index is 12.2. The summed E-state index contributed by atoms with van der Waals surface area (Å²) in [7, 11) is 0. The van der Waals surface area contributed by atoms with Gasteiger partial charge in [0.2, 0.25) is 0 Å². The Morgan fingerprint density at radius 1 is 1.39 bits per heavy atom. The van der Waals surface area contributed by atoms with Crippen LogP contribution >= 0.6 is 0 Å². The maximum Gasteiger partial charge on any atom is 0.315 e. The summed E-state index contributed by atoms with van der Waals surface area (Å²) in [5.41, 5.74) is -0.135. The highest BCUT2D eigenvalue weighted by atomic mass is 16.5. The molecule has 0 aromatic carbocycles. The molecule has 100 valence electrons. The summed E-state index contributed by atoms with van der Waals surface area (Å²) in [6, 6.07) is -0.0890. The number of hydrogen-bond donors (Lipinski definition) is 2. The van der Waals surface area contributed by atoms with Crippen LogP contribution in [0.5, 0.6) is 0 Å². The van der Waals surface area contributed by atoms with Gasteiger partial charge in [-0.2, -0.15) is 0 Å². The number of amides is 3. The number of rotatable bonds is 1. The standard InChI is InChI=1S/C12H19N3O3/c16-10(9-2-1-7-18-9)15-5-3-12(4-6-15)8-13-11(17)14-12/h9H,1-8H2,(H2,13,14,17). The summed E-state index contributed by atoms with van der Waals surface area (Å²) in [5, 5.41) is 5.78. The molecule has 3 rings (SSSR count). The Balaban J connectivity index is 1.56. The minimum absolute atomic E-state index is 0.0890. The molecule has 3 heterocycles. The van der Waals surface area contributed by atoms with E-state index in [1.165, 1.54) is 0 Å². The molecule has 18 heavy (non-hydrogen) atoms. The van der Waals surface area contributed by atoms with Crippen LogP contribution in [-0.4, -0.2) is 54.7 Å². The van der Waals surface area contributed by atoms with Crippen LogP contribution in [0.1, 0.15) is 25.7 Å². The number of piperidine rings is 1. The van der Waals surface area contributed by atoms with Gasteiger partial charge in [0.15, 0.2) is 0 Å². The predicted molar refractivity (Wildman–Crippen MR) is 64.1 cm³/mol. The third-order valence-electron chi connectivity index (χ3n) is 4.20. The first-order valence-corrected chi connectivity index (χ1v) is 6.65. The van der Waals surface area contributed by atoms with Gasteiger partial charge in [-0.25, -0.2) is 4.79 Å². The van der Waals surface area contributed by atoms with E-state index in [0.29, 0.717) is 26.2 Å². The highest BCUT2D eigenvalue weighted by Gasteiger charge is 2.42. The maximum absolute atomic E-state index is 12.2. The molecule has 1 atom stereocenters. The molecule has 6 nitrogen and oxygen atoms in total. The normalized spacial score (nSPS) is 30.3. The molecule has 0 saturated carbocycles. The van der Waals surface area contributed by atoms with Gasteiger partial charge < -0.3 is 20.3 Å². The number of hydrogen-bond acceptors (Lipinski definition) is 3. The van der Waals surface area contributed by atoms with Crippen LogP contribution < -0.4 is 10.6 Å². The monoisotopic (exact) mass is 253 g/mol. The number of carbonyl (C=O) groups is 2. The fraction of sp³-hybridized carbons (Fsp3) is 0.833. The summed E-state index contributed by atoms with van der Waals surface area (Å²) in [4.78, 5) is 25.3. The highest BCUT2D eigenvalue weighted by molar-refractivity contribution is 5.81. The lowest BCUT2D eigenvalue weighted by Crippen LogP contribution is -2.55. The Morgan fingerprint density at radius 3 is 2.72 bits per heavy atom. The van der Waals surface area contributed by atoms with Crippen LogP contribution in [0.3, 0.4) is 0 Å². The van der Waals surface area contributed by atoms with E-state index < -0.39 is 0 Å². The molecule has 1 unspecified atom stereocenters. The first-order chi connectivity index (χ1) is 8.69. The van der Waals surface area contributed by atoms with E-state index in [-0.39, 0.29) is 23.6 Å². The van der Waals surface area contributed by atoms with Gasteiger partial charge >= 0.3 is 6.03 Å². The second-order valence-electron chi connectivity index (χ2n) is 5.41. The van der Waals surface area contributed by atoms with Crippen molar-refractivity contribution in [3.8, 4) is 0 Å². The molecule has 3 fully saturated rings. The van der Waals surface area contributed by atoms with E-state index in [1.54, 1.807) is 0 Å². The summed E-state index contributed by atoms with van der Waals surface area (Å²) >= 11 is 0. The second-order valence-corrected chi connectivity index (χ2v) is 5.41. The van der Waals surface area contributed by atoms with E-state index in [0.717, 1.165) is 25.7 Å². The van der Waals surface area contributed by atoms with E-state index in [4.69, 9.17) is 4.74 Å². The van der Waals surface area contributed by atoms with Gasteiger partial charge in [0.25, 0.3) is 5.91 Å². The summed E-state index contributed by atoms with van der Waals surface area (Å²) in [6.45, 7) is 2.79. The molecular weight excluding hydrogens is 234 g/mol. The topological polar surface area (TPSA) is 70.7 Å². The van der Waals surface area contributed by atoms with Crippen molar-refractivity contribution in [1.29, 1.82) is 0 Å². The molecule has 6 heteroatoms. The van der Waals surface area contributed by atoms with Crippen LogP contribution in [0.25, 0.3) is 0 Å². The zero-order valence-corrected chi connectivity index (χ0v) is 10.4. The zero-order chi connectivity index (χ0) is 12.6. The van der Waals surface area contributed by atoms with Gasteiger partial charge in [0.05, 0.1) is 5.54 Å². The van der Waals surface area contributed by atoms with Crippen molar-refractivity contribution >= 4 is 11.9 Å². The molecule has 0 bridgehead atoms. The van der Waals surface area contributed by atoms with Crippen molar-refractivity contribution in [2.75, 3.05) is 26.2 Å². The van der Waals surface area contributed by atoms with Gasteiger partial charge in [-0.3, -0.25) is 4.79 Å². The smallest absolute Gasteiger partial charge is 0.315 e. The molecule has 3 aliphatic rings. The molecule has 3 aliphatic heterocycles. The predicted octanol–water partition coefficient (Wildman–Crippen LogP) is -0.161. The number of ether oxygens (including phenoxy) is 1. The number of nitrogens with zero attached hydrogens (tertiary/aromatic N) is 1. The number of carbonyl (C=O) groups excluding carboxylic acids is 2. The van der Waals surface area contributed by atoms with Crippen molar-refractivity contribution in [2.24, 2.45) is 0 Å². The minimum atomic E-state index is -0.227. The number of likely N-dealkylation sites (tertiary alicyclic amines) is 1. The molecule has 0 aromatic heterocycles. The number of urea groups is 1. The summed E-state index contributed by atoms with van der Waals surface area (Å²) in [6.07, 6.45) is 3.25. The molecule has 0 aliphatic carbocycles. The van der Waals surface area contributed by atoms with E-state index in [1.807, 2.05) is 4.90 Å². The SMILES string of the molecule is O=C1NCC2(CCN(C(=O)C3CCCO3)CC2)N1. The van der Waals surface area contributed by atoms with Crippen LogP contribution in [0.15, 0.2) is 0 Å². The Hall–Kier alpha value is -1.30. The third kappa shape index (κ3) is 2.05. The Bertz CT molecular complexity index is 358. The van der Waals surface area contributed by atoms with Crippen molar-refractivity contribution < 1.29 is 14.3 Å². The van der Waals surface area contributed by atoms with Crippen molar-refractivity contribution in [3.63, 3.8) is 0 Å². The zero-order valence-electron chi connectivity index (χ0n) is 10.4. The third-order valence-corrected chi connectivity index (χ3v) is 4.20. The van der Waals surface area contributed by atoms with Gasteiger partial charge in [0.1, 0.15) is 6.10 Å². The largest absolute Gasteiger partial charge is 0.368 e. The van der Waals surface area contributed by atoms with Crippen LogP contribution in [0, 0.1) is 0 Å². The summed E-state index contributed by atoms with van der Waals surface area (Å²) in [5.74, 6) is 0.125. The number of nitrogens with one attached hydrogen (secondary N) is 2. The van der Waals surface area contributed by atoms with Gasteiger partial charge in [0, 0.05) is 26.2 Å². The quantitative estimate of drug-likeness (QED) is 0.682. The fourth-order valence-electron chi connectivity index (χ4n) is 3.01. The van der Waals surface area contributed by atoms with Crippen molar-refractivity contribution in [2.45, 2.75) is 37.3 Å². The molecule has 3 saturated heterocycles.